The topological polar surface area (TPSA) is 49.8 Å². The molecule has 2 fully saturated rings. The second-order valence-corrected chi connectivity index (χ2v) is 11.7. The van der Waals surface area contributed by atoms with E-state index in [4.69, 9.17) is 4.74 Å². The summed E-state index contributed by atoms with van der Waals surface area (Å²) in [5.74, 6) is -2.59. The maximum absolute atomic E-state index is 15.9. The van der Waals surface area contributed by atoms with Crippen LogP contribution in [0, 0.1) is 17.7 Å². The van der Waals surface area contributed by atoms with Gasteiger partial charge in [-0.25, -0.2) is 4.39 Å². The minimum atomic E-state index is -4.81. The van der Waals surface area contributed by atoms with E-state index in [1.54, 1.807) is 24.0 Å². The van der Waals surface area contributed by atoms with Crippen molar-refractivity contribution in [1.82, 2.24) is 4.90 Å². The molecule has 2 heterocycles. The fourth-order valence-corrected chi connectivity index (χ4v) is 6.56. The Bertz CT molecular complexity index is 1310. The van der Waals surface area contributed by atoms with E-state index in [1.807, 2.05) is 0 Å². The Morgan fingerprint density at radius 3 is 2.20 bits per heavy atom. The van der Waals surface area contributed by atoms with E-state index in [9.17, 15) is 36.2 Å². The summed E-state index contributed by atoms with van der Waals surface area (Å²) < 4.78 is 103. The van der Waals surface area contributed by atoms with Gasteiger partial charge in [0.25, 0.3) is 0 Å². The second kappa shape index (κ2) is 10.5. The summed E-state index contributed by atoms with van der Waals surface area (Å²) in [4.78, 5) is 13.5. The molecule has 2 aromatic carbocycles. The second-order valence-electron chi connectivity index (χ2n) is 11.7. The summed E-state index contributed by atoms with van der Waals surface area (Å²) in [7, 11) is 0. The molecule has 1 aliphatic carbocycles. The van der Waals surface area contributed by atoms with Crippen molar-refractivity contribution in [2.24, 2.45) is 11.8 Å². The highest BCUT2D eigenvalue weighted by molar-refractivity contribution is 5.71. The van der Waals surface area contributed by atoms with Gasteiger partial charge in [-0.1, -0.05) is 19.1 Å². The highest BCUT2D eigenvalue weighted by Crippen LogP contribution is 2.50. The normalized spacial score (nSPS) is 21.6. The van der Waals surface area contributed by atoms with E-state index in [0.29, 0.717) is 55.0 Å². The molecular formula is C30H32F7NO3. The third-order valence-corrected chi connectivity index (χ3v) is 9.19. The Morgan fingerprint density at radius 2 is 1.63 bits per heavy atom. The van der Waals surface area contributed by atoms with Crippen molar-refractivity contribution >= 4 is 5.97 Å². The van der Waals surface area contributed by atoms with Gasteiger partial charge in [-0.3, -0.25) is 9.69 Å². The molecule has 1 saturated carbocycles. The van der Waals surface area contributed by atoms with E-state index in [1.165, 1.54) is 6.92 Å². The van der Waals surface area contributed by atoms with Gasteiger partial charge in [0.2, 0.25) is 0 Å². The van der Waals surface area contributed by atoms with Gasteiger partial charge >= 0.3 is 18.3 Å². The largest absolute Gasteiger partial charge is 0.484 e. The van der Waals surface area contributed by atoms with Crippen LogP contribution < -0.4 is 4.74 Å². The molecule has 1 N–H and O–H groups in total. The number of alkyl halides is 6. The summed E-state index contributed by atoms with van der Waals surface area (Å²) in [5, 5.41) is 9.61. The number of carboxylic acids is 1. The first-order valence-electron chi connectivity index (χ1n) is 13.9. The van der Waals surface area contributed by atoms with Crippen LogP contribution in [0.15, 0.2) is 30.3 Å². The molecular weight excluding hydrogens is 555 g/mol. The summed E-state index contributed by atoms with van der Waals surface area (Å²) in [6.45, 7) is 3.56. The van der Waals surface area contributed by atoms with Crippen LogP contribution in [0.2, 0.25) is 0 Å². The highest BCUT2D eigenvalue weighted by atomic mass is 19.4. The van der Waals surface area contributed by atoms with Gasteiger partial charge in [-0.05, 0) is 86.3 Å². The standard InChI is InChI=1S/C30H32F7NO3/c1-16(27(39)40)24(18-3-4-18)21-7-5-19-9-10-28(41-26(19)25(21)31)11-13-38(14-12-28)17(2)22-15-20(29(32,33)34)6-8-23(22)30(35,36)37/h5-8,15-18,24H,3-4,9-14H2,1-2H3,(H,39,40)/t16-,17+,24-/m0/s1. The number of carboxylic acid groups (broad SMARTS) is 1. The predicted octanol–water partition coefficient (Wildman–Crippen LogP) is 8.00. The summed E-state index contributed by atoms with van der Waals surface area (Å²) in [6.07, 6.45) is -6.12. The summed E-state index contributed by atoms with van der Waals surface area (Å²) in [5.41, 5.74) is -2.43. The quantitative estimate of drug-likeness (QED) is 0.348. The Balaban J connectivity index is 1.36. The molecule has 3 atom stereocenters. The highest BCUT2D eigenvalue weighted by Gasteiger charge is 2.45. The molecule has 2 aromatic rings. The first-order valence-corrected chi connectivity index (χ1v) is 13.9. The van der Waals surface area contributed by atoms with E-state index < -0.39 is 64.3 Å². The summed E-state index contributed by atoms with van der Waals surface area (Å²) >= 11 is 0. The molecule has 1 saturated heterocycles. The number of carbonyl (C=O) groups is 1. The molecule has 0 bridgehead atoms. The zero-order valence-corrected chi connectivity index (χ0v) is 22.7. The van der Waals surface area contributed by atoms with Crippen LogP contribution in [0.1, 0.15) is 85.7 Å². The Kier molecular flexibility index (Phi) is 7.58. The van der Waals surface area contributed by atoms with Crippen molar-refractivity contribution in [3.8, 4) is 5.75 Å². The number of likely N-dealkylation sites (tertiary alicyclic amines) is 1. The number of hydrogen-bond donors (Lipinski definition) is 1. The third kappa shape index (κ3) is 5.79. The molecule has 0 radical (unpaired) electrons. The van der Waals surface area contributed by atoms with Gasteiger partial charge in [-0.15, -0.1) is 0 Å². The van der Waals surface area contributed by atoms with E-state index >= 15 is 4.39 Å². The summed E-state index contributed by atoms with van der Waals surface area (Å²) in [6, 6.07) is 4.02. The lowest BCUT2D eigenvalue weighted by atomic mass is 9.79. The minimum Gasteiger partial charge on any atom is -0.484 e. The molecule has 41 heavy (non-hydrogen) atoms. The number of rotatable bonds is 6. The lowest BCUT2D eigenvalue weighted by Crippen LogP contribution is -2.50. The van der Waals surface area contributed by atoms with Gasteiger partial charge in [0.1, 0.15) is 5.60 Å². The number of nitrogens with zero attached hydrogens (tertiary/aromatic N) is 1. The number of aryl methyl sites for hydroxylation is 1. The van der Waals surface area contributed by atoms with Gasteiger partial charge in [0.05, 0.1) is 17.0 Å². The molecule has 11 heteroatoms. The number of halogens is 7. The fourth-order valence-electron chi connectivity index (χ4n) is 6.56. The number of ether oxygens (including phenoxy) is 1. The van der Waals surface area contributed by atoms with Gasteiger partial charge < -0.3 is 9.84 Å². The molecule has 224 valence electrons. The van der Waals surface area contributed by atoms with Gasteiger partial charge in [0.15, 0.2) is 11.6 Å². The Hall–Kier alpha value is -2.82. The lowest BCUT2D eigenvalue weighted by Gasteiger charge is -2.46. The molecule has 2 aliphatic heterocycles. The molecule has 5 rings (SSSR count). The van der Waals surface area contributed by atoms with Gasteiger partial charge in [0, 0.05) is 25.0 Å². The van der Waals surface area contributed by atoms with Crippen molar-refractivity contribution in [2.45, 2.75) is 82.3 Å². The predicted molar refractivity (Wildman–Crippen MR) is 136 cm³/mol. The zero-order chi connectivity index (χ0) is 29.9. The van der Waals surface area contributed by atoms with Crippen LogP contribution in [0.3, 0.4) is 0 Å². The maximum atomic E-state index is 15.9. The average molecular weight is 588 g/mol. The first kappa shape index (κ1) is 29.7. The smallest absolute Gasteiger partial charge is 0.416 e. The third-order valence-electron chi connectivity index (χ3n) is 9.19. The number of piperidine rings is 1. The molecule has 4 nitrogen and oxygen atoms in total. The zero-order valence-electron chi connectivity index (χ0n) is 22.7. The number of hydrogen-bond acceptors (Lipinski definition) is 3. The number of aliphatic carboxylic acids is 1. The van der Waals surface area contributed by atoms with Crippen LogP contribution in [0.4, 0.5) is 30.7 Å². The maximum Gasteiger partial charge on any atom is 0.416 e. The van der Waals surface area contributed by atoms with Crippen molar-refractivity contribution in [3.05, 3.63) is 64.0 Å². The van der Waals surface area contributed by atoms with E-state index in [2.05, 4.69) is 0 Å². The molecule has 0 unspecified atom stereocenters. The number of fused-ring (bicyclic) bond motifs is 1. The molecule has 0 aromatic heterocycles. The van der Waals surface area contributed by atoms with E-state index in [-0.39, 0.29) is 24.8 Å². The van der Waals surface area contributed by atoms with Crippen LogP contribution in [-0.4, -0.2) is 34.7 Å². The first-order chi connectivity index (χ1) is 19.1. The van der Waals surface area contributed by atoms with Crippen LogP contribution in [0.5, 0.6) is 5.75 Å². The number of benzene rings is 2. The average Bonchev–Trinajstić information content (AvgIpc) is 3.74. The lowest BCUT2D eigenvalue weighted by molar-refractivity contribution is -0.142. The van der Waals surface area contributed by atoms with Gasteiger partial charge in [-0.2, -0.15) is 26.3 Å². The van der Waals surface area contributed by atoms with Crippen LogP contribution >= 0.6 is 0 Å². The van der Waals surface area contributed by atoms with Crippen LogP contribution in [0.25, 0.3) is 0 Å². The van der Waals surface area contributed by atoms with Crippen molar-refractivity contribution in [1.29, 1.82) is 0 Å². The van der Waals surface area contributed by atoms with Crippen molar-refractivity contribution < 1.29 is 45.4 Å². The van der Waals surface area contributed by atoms with Crippen LogP contribution in [-0.2, 0) is 23.6 Å². The SMILES string of the molecule is C[C@H](C(=O)O)[C@H](c1ccc2c(c1F)OC1(CC2)CCN([C@H](C)c2cc(C(F)(F)F)ccc2C(F)(F)F)CC1)C1CC1. The monoisotopic (exact) mass is 587 g/mol. The fraction of sp³-hybridized carbons (Fsp3) is 0.567. The Labute approximate surface area is 233 Å². The van der Waals surface area contributed by atoms with Crippen molar-refractivity contribution in [3.63, 3.8) is 0 Å². The van der Waals surface area contributed by atoms with Crippen molar-refractivity contribution in [2.75, 3.05) is 13.1 Å². The van der Waals surface area contributed by atoms with E-state index in [0.717, 1.165) is 12.8 Å². The Morgan fingerprint density at radius 1 is 0.976 bits per heavy atom. The molecule has 0 amide bonds. The molecule has 1 spiro atoms. The minimum absolute atomic E-state index is 0.0911. The molecule has 3 aliphatic rings.